The van der Waals surface area contributed by atoms with Gasteiger partial charge in [-0.15, -0.1) is 0 Å². The van der Waals surface area contributed by atoms with Gasteiger partial charge in [-0.05, 0) is 53.2 Å². The van der Waals surface area contributed by atoms with E-state index in [0.29, 0.717) is 5.69 Å². The van der Waals surface area contributed by atoms with Crippen molar-refractivity contribution >= 4 is 27.5 Å². The van der Waals surface area contributed by atoms with E-state index in [9.17, 15) is 14.0 Å². The number of pyridine rings is 1. The third-order valence-electron chi connectivity index (χ3n) is 2.55. The molecule has 0 saturated carbocycles. The molecule has 1 aromatic carbocycles. The summed E-state index contributed by atoms with van der Waals surface area (Å²) in [7, 11) is 0. The Kier molecular flexibility index (Phi) is 3.85. The number of nitrogens with zero attached hydrogens (tertiary/aromatic N) is 1. The Labute approximate surface area is 117 Å². The summed E-state index contributed by atoms with van der Waals surface area (Å²) in [5, 5.41) is 0. The highest BCUT2D eigenvalue weighted by Gasteiger charge is 2.19. The third-order valence-corrected chi connectivity index (χ3v) is 3.15. The lowest BCUT2D eigenvalue weighted by molar-refractivity contribution is 0.0816. The molecule has 0 atom stereocenters. The van der Waals surface area contributed by atoms with Gasteiger partial charge in [-0.1, -0.05) is 0 Å². The van der Waals surface area contributed by atoms with Crippen LogP contribution in [0.3, 0.4) is 0 Å². The van der Waals surface area contributed by atoms with Crippen molar-refractivity contribution in [2.45, 2.75) is 6.92 Å². The van der Waals surface area contributed by atoms with E-state index in [2.05, 4.69) is 20.9 Å². The Bertz CT molecular complexity index is 670. The maximum Gasteiger partial charge on any atom is 0.233 e. The number of Topliss-reactive ketones (excluding diaryl/α,β-unsaturated/α-hetero) is 2. The summed E-state index contributed by atoms with van der Waals surface area (Å²) >= 11 is 2.98. The molecular weight excluding hydrogens is 313 g/mol. The van der Waals surface area contributed by atoms with E-state index < -0.39 is 17.4 Å². The number of aryl methyl sites for hydroxylation is 1. The van der Waals surface area contributed by atoms with Crippen LogP contribution in [0.15, 0.2) is 41.0 Å². The third kappa shape index (κ3) is 2.93. The first kappa shape index (κ1) is 13.5. The van der Waals surface area contributed by atoms with Gasteiger partial charge in [-0.2, -0.15) is 0 Å². The molecular formula is C14H9BrFNO2. The van der Waals surface area contributed by atoms with Crippen molar-refractivity contribution in [1.29, 1.82) is 0 Å². The molecule has 0 unspecified atom stereocenters. The lowest BCUT2D eigenvalue weighted by Gasteiger charge is -2.02. The number of halogens is 2. The molecule has 0 N–H and O–H groups in total. The largest absolute Gasteiger partial charge is 0.285 e. The highest BCUT2D eigenvalue weighted by Crippen LogP contribution is 2.18. The first-order valence-corrected chi connectivity index (χ1v) is 6.25. The molecule has 96 valence electrons. The molecule has 1 aromatic heterocycles. The van der Waals surface area contributed by atoms with E-state index in [1.54, 1.807) is 13.0 Å². The lowest BCUT2D eigenvalue weighted by atomic mass is 10.0. The molecule has 0 bridgehead atoms. The maximum absolute atomic E-state index is 13.1. The van der Waals surface area contributed by atoms with Gasteiger partial charge in [-0.3, -0.25) is 14.6 Å². The summed E-state index contributed by atoms with van der Waals surface area (Å²) in [5.41, 5.74) is 1.07. The summed E-state index contributed by atoms with van der Waals surface area (Å²) in [6, 6.07) is 6.74. The van der Waals surface area contributed by atoms with E-state index in [0.717, 1.165) is 6.07 Å². The van der Waals surface area contributed by atoms with Gasteiger partial charge in [0.25, 0.3) is 0 Å². The van der Waals surface area contributed by atoms with Crippen molar-refractivity contribution in [3.8, 4) is 0 Å². The van der Waals surface area contributed by atoms with Crippen molar-refractivity contribution in [2.24, 2.45) is 0 Å². The summed E-state index contributed by atoms with van der Waals surface area (Å²) < 4.78 is 13.2. The van der Waals surface area contributed by atoms with E-state index in [1.165, 1.54) is 24.4 Å². The average molecular weight is 322 g/mol. The van der Waals surface area contributed by atoms with Crippen LogP contribution in [0, 0.1) is 12.7 Å². The van der Waals surface area contributed by atoms with Gasteiger partial charge >= 0.3 is 0 Å². The molecule has 2 rings (SSSR count). The Morgan fingerprint density at radius 1 is 1.11 bits per heavy atom. The summed E-state index contributed by atoms with van der Waals surface area (Å²) in [4.78, 5) is 28.0. The molecule has 19 heavy (non-hydrogen) atoms. The van der Waals surface area contributed by atoms with Gasteiger partial charge in [0.05, 0.1) is 4.47 Å². The number of aromatic nitrogens is 1. The zero-order valence-corrected chi connectivity index (χ0v) is 11.6. The van der Waals surface area contributed by atoms with Crippen LogP contribution in [-0.2, 0) is 0 Å². The van der Waals surface area contributed by atoms with Crippen LogP contribution in [-0.4, -0.2) is 16.6 Å². The van der Waals surface area contributed by atoms with Crippen LogP contribution in [0.4, 0.5) is 4.39 Å². The zero-order chi connectivity index (χ0) is 14.0. The van der Waals surface area contributed by atoms with Gasteiger partial charge in [0, 0.05) is 23.0 Å². The van der Waals surface area contributed by atoms with Crippen molar-refractivity contribution in [1.82, 2.24) is 4.98 Å². The smallest absolute Gasteiger partial charge is 0.233 e. The van der Waals surface area contributed by atoms with E-state index in [1.807, 2.05) is 0 Å². The fourth-order valence-corrected chi connectivity index (χ4v) is 1.97. The minimum Gasteiger partial charge on any atom is -0.285 e. The molecule has 3 nitrogen and oxygen atoms in total. The number of carbonyl (C=O) groups is 2. The predicted molar refractivity (Wildman–Crippen MR) is 71.7 cm³/mol. The second kappa shape index (κ2) is 5.40. The van der Waals surface area contributed by atoms with Crippen molar-refractivity contribution in [3.63, 3.8) is 0 Å². The van der Waals surface area contributed by atoms with Crippen molar-refractivity contribution < 1.29 is 14.0 Å². The van der Waals surface area contributed by atoms with Crippen LogP contribution < -0.4 is 0 Å². The highest BCUT2D eigenvalue weighted by molar-refractivity contribution is 9.10. The van der Waals surface area contributed by atoms with E-state index in [4.69, 9.17) is 0 Å². The standard InChI is InChI=1S/C14H9BrFNO2/c1-8-6-10(4-5-17-8)14(19)13(18)9-2-3-12(16)11(15)7-9/h2-7H,1H3. The highest BCUT2D eigenvalue weighted by atomic mass is 79.9. The van der Waals surface area contributed by atoms with Crippen LogP contribution in [0.1, 0.15) is 26.4 Å². The number of ketones is 2. The fourth-order valence-electron chi connectivity index (χ4n) is 1.59. The SMILES string of the molecule is Cc1cc(C(=O)C(=O)c2ccc(F)c(Br)c2)ccn1. The molecule has 2 aromatic rings. The topological polar surface area (TPSA) is 47.0 Å². The van der Waals surface area contributed by atoms with Gasteiger partial charge in [0.2, 0.25) is 11.6 Å². The molecule has 0 amide bonds. The summed E-state index contributed by atoms with van der Waals surface area (Å²) in [6.45, 7) is 1.73. The molecule has 0 aliphatic heterocycles. The molecule has 5 heteroatoms. The van der Waals surface area contributed by atoms with E-state index >= 15 is 0 Å². The number of hydrogen-bond donors (Lipinski definition) is 0. The second-order valence-electron chi connectivity index (χ2n) is 3.97. The van der Waals surface area contributed by atoms with Crippen LogP contribution >= 0.6 is 15.9 Å². The molecule has 0 aliphatic carbocycles. The number of benzene rings is 1. The normalized spacial score (nSPS) is 10.3. The first-order valence-electron chi connectivity index (χ1n) is 5.46. The molecule has 0 aliphatic rings. The predicted octanol–water partition coefficient (Wildman–Crippen LogP) is 3.36. The number of rotatable bonds is 3. The van der Waals surface area contributed by atoms with Gasteiger partial charge in [-0.25, -0.2) is 4.39 Å². The Hall–Kier alpha value is -1.88. The maximum atomic E-state index is 13.1. The van der Waals surface area contributed by atoms with Crippen LogP contribution in [0.5, 0.6) is 0 Å². The minimum atomic E-state index is -0.675. The van der Waals surface area contributed by atoms with Gasteiger partial charge in [0.1, 0.15) is 5.82 Å². The Morgan fingerprint density at radius 3 is 2.32 bits per heavy atom. The average Bonchev–Trinajstić information content (AvgIpc) is 2.40. The van der Waals surface area contributed by atoms with Crippen LogP contribution in [0.2, 0.25) is 0 Å². The van der Waals surface area contributed by atoms with Crippen LogP contribution in [0.25, 0.3) is 0 Å². The monoisotopic (exact) mass is 321 g/mol. The Balaban J connectivity index is 2.33. The van der Waals surface area contributed by atoms with Crippen molar-refractivity contribution in [3.05, 3.63) is 63.6 Å². The molecule has 0 radical (unpaired) electrons. The lowest BCUT2D eigenvalue weighted by Crippen LogP contribution is -2.15. The summed E-state index contributed by atoms with van der Waals surface area (Å²) in [6.07, 6.45) is 1.47. The molecule has 0 fully saturated rings. The van der Waals surface area contributed by atoms with Gasteiger partial charge < -0.3 is 0 Å². The van der Waals surface area contributed by atoms with Crippen molar-refractivity contribution in [2.75, 3.05) is 0 Å². The molecule has 0 spiro atoms. The number of carbonyl (C=O) groups excluding carboxylic acids is 2. The number of hydrogen-bond acceptors (Lipinski definition) is 3. The summed E-state index contributed by atoms with van der Waals surface area (Å²) in [5.74, 6) is -1.79. The fraction of sp³-hybridized carbons (Fsp3) is 0.0714. The molecule has 0 saturated heterocycles. The quantitative estimate of drug-likeness (QED) is 0.643. The van der Waals surface area contributed by atoms with E-state index in [-0.39, 0.29) is 15.6 Å². The molecule has 1 heterocycles. The first-order chi connectivity index (χ1) is 8.99. The second-order valence-corrected chi connectivity index (χ2v) is 4.83. The van der Waals surface area contributed by atoms with Gasteiger partial charge in [0.15, 0.2) is 0 Å². The minimum absolute atomic E-state index is 0.146. The Morgan fingerprint density at radius 2 is 1.74 bits per heavy atom. The zero-order valence-electron chi connectivity index (χ0n) is 9.98.